The number of hydrazine groups is 1. The minimum atomic E-state index is -0.525. The Hall–Kier alpha value is -4.05. The number of nitriles is 1. The molecular weight excluding hydrogens is 358 g/mol. The first kappa shape index (κ1) is 18.7. The lowest BCUT2D eigenvalue weighted by molar-refractivity contribution is -0.131. The Morgan fingerprint density at radius 3 is 2.00 bits per heavy atom. The van der Waals surface area contributed by atoms with Crippen molar-refractivity contribution in [2.24, 2.45) is 0 Å². The molecule has 0 bridgehead atoms. The number of nitrogens with one attached hydrogen (secondary N) is 2. The van der Waals surface area contributed by atoms with Gasteiger partial charge in [-0.25, -0.2) is 0 Å². The lowest BCUT2D eigenvalue weighted by atomic mass is 10.1. The number of nitrogens with zero attached hydrogens (tertiary/aromatic N) is 1. The average Bonchev–Trinajstić information content (AvgIpc) is 2.75. The number of benzene rings is 3. The number of fused-ring (bicyclic) bond motifs is 1. The van der Waals surface area contributed by atoms with E-state index in [-0.39, 0.29) is 13.2 Å². The van der Waals surface area contributed by atoms with Gasteiger partial charge in [-0.2, -0.15) is 5.26 Å². The van der Waals surface area contributed by atoms with E-state index < -0.39 is 11.8 Å². The van der Waals surface area contributed by atoms with Crippen LogP contribution < -0.4 is 20.3 Å². The van der Waals surface area contributed by atoms with Gasteiger partial charge in [0.2, 0.25) is 0 Å². The summed E-state index contributed by atoms with van der Waals surface area (Å²) >= 11 is 0. The van der Waals surface area contributed by atoms with Crippen LogP contribution in [0.25, 0.3) is 10.8 Å². The number of hydrogen-bond acceptors (Lipinski definition) is 5. The molecule has 0 aliphatic carbocycles. The van der Waals surface area contributed by atoms with Gasteiger partial charge in [0.15, 0.2) is 13.2 Å². The smallest absolute Gasteiger partial charge is 0.276 e. The van der Waals surface area contributed by atoms with Gasteiger partial charge >= 0.3 is 0 Å². The molecule has 0 aliphatic rings. The Labute approximate surface area is 161 Å². The second kappa shape index (κ2) is 9.05. The van der Waals surface area contributed by atoms with E-state index in [1.165, 1.54) is 0 Å². The van der Waals surface area contributed by atoms with Gasteiger partial charge < -0.3 is 9.47 Å². The molecule has 0 saturated heterocycles. The molecule has 2 amide bonds. The van der Waals surface area contributed by atoms with E-state index in [2.05, 4.69) is 10.9 Å². The van der Waals surface area contributed by atoms with Crippen LogP contribution in [0.4, 0.5) is 0 Å². The summed E-state index contributed by atoms with van der Waals surface area (Å²) in [5.41, 5.74) is 5.00. The van der Waals surface area contributed by atoms with Crippen LogP contribution in [0.2, 0.25) is 0 Å². The third kappa shape index (κ3) is 5.22. The monoisotopic (exact) mass is 375 g/mol. The molecule has 0 spiro atoms. The van der Waals surface area contributed by atoms with E-state index in [4.69, 9.17) is 14.7 Å². The number of carbonyl (C=O) groups is 2. The molecule has 140 valence electrons. The normalized spacial score (nSPS) is 9.96. The van der Waals surface area contributed by atoms with Gasteiger partial charge in [-0.3, -0.25) is 20.4 Å². The summed E-state index contributed by atoms with van der Waals surface area (Å²) < 4.78 is 10.7. The zero-order valence-electron chi connectivity index (χ0n) is 14.8. The van der Waals surface area contributed by atoms with E-state index in [9.17, 15) is 9.59 Å². The first-order valence-electron chi connectivity index (χ1n) is 8.46. The summed E-state index contributed by atoms with van der Waals surface area (Å²) in [5, 5.41) is 10.8. The predicted octanol–water partition coefficient (Wildman–Crippen LogP) is 2.32. The third-order valence-corrected chi connectivity index (χ3v) is 3.79. The van der Waals surface area contributed by atoms with Crippen LogP contribution in [-0.2, 0) is 9.59 Å². The maximum Gasteiger partial charge on any atom is 0.276 e. The number of amides is 2. The zero-order chi connectivity index (χ0) is 19.8. The van der Waals surface area contributed by atoms with Crippen molar-refractivity contribution < 1.29 is 19.1 Å². The molecule has 0 saturated carbocycles. The highest BCUT2D eigenvalue weighted by Crippen LogP contribution is 2.20. The molecule has 3 aromatic carbocycles. The molecule has 0 unspecified atom stereocenters. The number of hydrogen-bond donors (Lipinski definition) is 2. The number of ether oxygens (including phenoxy) is 2. The summed E-state index contributed by atoms with van der Waals surface area (Å²) in [6.45, 7) is -0.521. The molecule has 0 atom stereocenters. The number of rotatable bonds is 6. The molecule has 3 aromatic rings. The van der Waals surface area contributed by atoms with Crippen molar-refractivity contribution in [3.05, 3.63) is 72.3 Å². The van der Waals surface area contributed by atoms with Crippen LogP contribution in [0.5, 0.6) is 11.5 Å². The fourth-order valence-electron chi connectivity index (χ4n) is 2.39. The maximum atomic E-state index is 11.8. The Morgan fingerprint density at radius 2 is 1.36 bits per heavy atom. The molecule has 0 aromatic heterocycles. The highest BCUT2D eigenvalue weighted by molar-refractivity contribution is 5.85. The molecule has 3 rings (SSSR count). The first-order chi connectivity index (χ1) is 13.6. The quantitative estimate of drug-likeness (QED) is 0.644. The van der Waals surface area contributed by atoms with Crippen LogP contribution in [0, 0.1) is 11.3 Å². The zero-order valence-corrected chi connectivity index (χ0v) is 14.8. The van der Waals surface area contributed by atoms with Gasteiger partial charge in [0.25, 0.3) is 11.8 Å². The lowest BCUT2D eigenvalue weighted by Crippen LogP contribution is -2.45. The third-order valence-electron chi connectivity index (χ3n) is 3.79. The topological polar surface area (TPSA) is 100 Å². The van der Waals surface area contributed by atoms with E-state index in [1.54, 1.807) is 30.3 Å². The fraction of sp³-hybridized carbons (Fsp3) is 0.0952. The highest BCUT2D eigenvalue weighted by atomic mass is 16.5. The minimum absolute atomic E-state index is 0.241. The van der Waals surface area contributed by atoms with Crippen LogP contribution in [0.1, 0.15) is 5.56 Å². The Morgan fingerprint density at radius 1 is 0.786 bits per heavy atom. The summed E-state index contributed by atoms with van der Waals surface area (Å²) in [5.74, 6) is -0.0206. The molecule has 28 heavy (non-hydrogen) atoms. The summed E-state index contributed by atoms with van der Waals surface area (Å²) in [6, 6.07) is 21.7. The van der Waals surface area contributed by atoms with Gasteiger partial charge in [-0.15, -0.1) is 0 Å². The highest BCUT2D eigenvalue weighted by Gasteiger charge is 2.07. The van der Waals surface area contributed by atoms with Gasteiger partial charge in [0.1, 0.15) is 11.5 Å². The van der Waals surface area contributed by atoms with Crippen molar-refractivity contribution in [3.63, 3.8) is 0 Å². The summed E-state index contributed by atoms with van der Waals surface area (Å²) in [6.07, 6.45) is 0. The van der Waals surface area contributed by atoms with Crippen molar-refractivity contribution >= 4 is 22.6 Å². The Bertz CT molecular complexity index is 1030. The fourth-order valence-corrected chi connectivity index (χ4v) is 2.39. The van der Waals surface area contributed by atoms with Crippen LogP contribution >= 0.6 is 0 Å². The SMILES string of the molecule is N#Cc1ccc(OCC(=O)NNC(=O)COc2ccc3ccccc3c2)cc1. The molecule has 7 heteroatoms. The number of carbonyl (C=O) groups excluding carboxylic acids is 2. The van der Waals surface area contributed by atoms with Crippen molar-refractivity contribution in [1.82, 2.24) is 10.9 Å². The van der Waals surface area contributed by atoms with Crippen molar-refractivity contribution in [3.8, 4) is 17.6 Å². The van der Waals surface area contributed by atoms with Gasteiger partial charge in [0, 0.05) is 0 Å². The second-order valence-corrected chi connectivity index (χ2v) is 5.82. The molecule has 0 radical (unpaired) electrons. The molecule has 7 nitrogen and oxygen atoms in total. The second-order valence-electron chi connectivity index (χ2n) is 5.82. The van der Waals surface area contributed by atoms with Gasteiger partial charge in [0.05, 0.1) is 11.6 Å². The largest absolute Gasteiger partial charge is 0.484 e. The minimum Gasteiger partial charge on any atom is -0.484 e. The van der Waals surface area contributed by atoms with Crippen molar-refractivity contribution in [2.75, 3.05) is 13.2 Å². The predicted molar refractivity (Wildman–Crippen MR) is 102 cm³/mol. The van der Waals surface area contributed by atoms with E-state index in [0.717, 1.165) is 10.8 Å². The van der Waals surface area contributed by atoms with Crippen molar-refractivity contribution in [2.45, 2.75) is 0 Å². The van der Waals surface area contributed by atoms with E-state index >= 15 is 0 Å². The van der Waals surface area contributed by atoms with Gasteiger partial charge in [-0.1, -0.05) is 30.3 Å². The average molecular weight is 375 g/mol. The van der Waals surface area contributed by atoms with E-state index in [0.29, 0.717) is 17.1 Å². The van der Waals surface area contributed by atoms with Crippen LogP contribution in [0.3, 0.4) is 0 Å². The molecule has 2 N–H and O–H groups in total. The maximum absolute atomic E-state index is 11.8. The van der Waals surface area contributed by atoms with Gasteiger partial charge in [-0.05, 0) is 47.2 Å². The molecular formula is C21H17N3O4. The van der Waals surface area contributed by atoms with Crippen molar-refractivity contribution in [1.29, 1.82) is 5.26 Å². The van der Waals surface area contributed by atoms with E-state index in [1.807, 2.05) is 42.5 Å². The Balaban J connectivity index is 1.39. The van der Waals surface area contributed by atoms with Crippen LogP contribution in [0.15, 0.2) is 66.7 Å². The Kier molecular flexibility index (Phi) is 6.06. The molecule has 0 aliphatic heterocycles. The summed E-state index contributed by atoms with van der Waals surface area (Å²) in [7, 11) is 0. The molecule has 0 heterocycles. The standard InChI is InChI=1S/C21H17N3O4/c22-12-15-5-8-18(9-6-15)27-13-20(25)23-24-21(26)14-28-19-10-7-16-3-1-2-4-17(16)11-19/h1-11H,13-14H2,(H,23,25)(H,24,26). The molecule has 0 fully saturated rings. The summed E-state index contributed by atoms with van der Waals surface area (Å²) in [4.78, 5) is 23.5. The van der Waals surface area contributed by atoms with Crippen LogP contribution in [-0.4, -0.2) is 25.0 Å². The first-order valence-corrected chi connectivity index (χ1v) is 8.46. The lowest BCUT2D eigenvalue weighted by Gasteiger charge is -2.10.